The SMILES string of the molecule is CCc1c(O)nc(SCC(=O)NC2CCCCC2)[nH]c1=O. The van der Waals surface area contributed by atoms with Crippen molar-refractivity contribution in [3.8, 4) is 5.88 Å². The average molecular weight is 311 g/mol. The van der Waals surface area contributed by atoms with Gasteiger partial charge in [-0.15, -0.1) is 0 Å². The monoisotopic (exact) mass is 311 g/mol. The van der Waals surface area contributed by atoms with Crippen molar-refractivity contribution in [3.05, 3.63) is 15.9 Å². The molecular weight excluding hydrogens is 290 g/mol. The number of hydrogen-bond donors (Lipinski definition) is 3. The van der Waals surface area contributed by atoms with Gasteiger partial charge >= 0.3 is 0 Å². The van der Waals surface area contributed by atoms with Gasteiger partial charge in [-0.25, -0.2) is 0 Å². The molecule has 1 aliphatic carbocycles. The van der Waals surface area contributed by atoms with Crippen LogP contribution in [0.15, 0.2) is 9.95 Å². The maximum atomic E-state index is 11.9. The Hall–Kier alpha value is -1.50. The van der Waals surface area contributed by atoms with E-state index in [2.05, 4.69) is 15.3 Å². The number of aromatic hydroxyl groups is 1. The van der Waals surface area contributed by atoms with Gasteiger partial charge in [0.1, 0.15) is 0 Å². The van der Waals surface area contributed by atoms with E-state index in [4.69, 9.17) is 0 Å². The summed E-state index contributed by atoms with van der Waals surface area (Å²) < 4.78 is 0. The maximum absolute atomic E-state index is 11.9. The minimum Gasteiger partial charge on any atom is -0.493 e. The summed E-state index contributed by atoms with van der Waals surface area (Å²) in [6, 6.07) is 0.273. The van der Waals surface area contributed by atoms with Crippen LogP contribution in [0.3, 0.4) is 0 Å². The van der Waals surface area contributed by atoms with Crippen molar-refractivity contribution in [1.82, 2.24) is 15.3 Å². The molecule has 0 spiro atoms. The van der Waals surface area contributed by atoms with E-state index in [0.717, 1.165) is 24.6 Å². The van der Waals surface area contributed by atoms with Crippen molar-refractivity contribution >= 4 is 17.7 Å². The predicted octanol–water partition coefficient (Wildman–Crippen LogP) is 1.58. The fraction of sp³-hybridized carbons (Fsp3) is 0.643. The molecule has 0 atom stereocenters. The summed E-state index contributed by atoms with van der Waals surface area (Å²) in [5.41, 5.74) is -0.0776. The molecule has 1 amide bonds. The summed E-state index contributed by atoms with van der Waals surface area (Å²) in [5, 5.41) is 12.9. The molecule has 0 aliphatic heterocycles. The van der Waals surface area contributed by atoms with Gasteiger partial charge in [-0.3, -0.25) is 9.59 Å². The van der Waals surface area contributed by atoms with Crippen LogP contribution < -0.4 is 10.9 Å². The molecule has 21 heavy (non-hydrogen) atoms. The van der Waals surface area contributed by atoms with Crippen LogP contribution in [-0.4, -0.2) is 32.8 Å². The highest BCUT2D eigenvalue weighted by Crippen LogP contribution is 2.19. The second kappa shape index (κ2) is 7.49. The minimum atomic E-state index is -0.347. The Morgan fingerprint density at radius 1 is 1.43 bits per heavy atom. The molecule has 1 fully saturated rings. The number of carbonyl (C=O) groups excluding carboxylic acids is 1. The van der Waals surface area contributed by atoms with E-state index in [1.54, 1.807) is 6.92 Å². The van der Waals surface area contributed by atoms with Gasteiger partial charge in [0.2, 0.25) is 11.8 Å². The molecule has 1 aliphatic rings. The maximum Gasteiger partial charge on any atom is 0.258 e. The van der Waals surface area contributed by atoms with Crippen molar-refractivity contribution in [1.29, 1.82) is 0 Å². The van der Waals surface area contributed by atoms with Crippen LogP contribution in [0, 0.1) is 0 Å². The third-order valence-corrected chi connectivity index (χ3v) is 4.51. The van der Waals surface area contributed by atoms with Gasteiger partial charge < -0.3 is 15.4 Å². The molecule has 0 unspecified atom stereocenters. The molecule has 3 N–H and O–H groups in total. The summed E-state index contributed by atoms with van der Waals surface area (Å²) in [5.74, 6) is -0.130. The number of aromatic nitrogens is 2. The van der Waals surface area contributed by atoms with Crippen LogP contribution in [-0.2, 0) is 11.2 Å². The summed E-state index contributed by atoms with van der Waals surface area (Å²) in [6.07, 6.45) is 6.07. The fourth-order valence-electron chi connectivity index (χ4n) is 2.50. The van der Waals surface area contributed by atoms with Crippen molar-refractivity contribution in [2.45, 2.75) is 56.6 Å². The first-order valence-corrected chi connectivity index (χ1v) is 8.33. The molecule has 0 radical (unpaired) electrons. The number of rotatable bonds is 5. The number of hydrogen-bond acceptors (Lipinski definition) is 5. The number of amides is 1. The van der Waals surface area contributed by atoms with Crippen molar-refractivity contribution < 1.29 is 9.90 Å². The van der Waals surface area contributed by atoms with Crippen molar-refractivity contribution in [2.75, 3.05) is 5.75 Å². The molecule has 1 heterocycles. The highest BCUT2D eigenvalue weighted by atomic mass is 32.2. The Balaban J connectivity index is 1.87. The zero-order valence-corrected chi connectivity index (χ0v) is 13.0. The fourth-order valence-corrected chi connectivity index (χ4v) is 3.17. The molecule has 0 aromatic carbocycles. The molecule has 2 rings (SSSR count). The van der Waals surface area contributed by atoms with Gasteiger partial charge in [0.15, 0.2) is 5.16 Å². The van der Waals surface area contributed by atoms with Crippen molar-refractivity contribution in [2.24, 2.45) is 0 Å². The Labute approximate surface area is 127 Å². The number of aromatic amines is 1. The quantitative estimate of drug-likeness (QED) is 0.567. The Morgan fingerprint density at radius 2 is 2.14 bits per heavy atom. The molecule has 1 saturated carbocycles. The largest absolute Gasteiger partial charge is 0.493 e. The molecule has 116 valence electrons. The summed E-state index contributed by atoms with van der Waals surface area (Å²) in [7, 11) is 0. The van der Waals surface area contributed by atoms with Gasteiger partial charge in [0, 0.05) is 6.04 Å². The number of H-pyrrole nitrogens is 1. The first-order valence-electron chi connectivity index (χ1n) is 7.34. The van der Waals surface area contributed by atoms with Gasteiger partial charge in [0.05, 0.1) is 11.3 Å². The van der Waals surface area contributed by atoms with Gasteiger partial charge in [0.25, 0.3) is 5.56 Å². The van der Waals surface area contributed by atoms with E-state index in [0.29, 0.717) is 6.42 Å². The van der Waals surface area contributed by atoms with E-state index in [9.17, 15) is 14.7 Å². The van der Waals surface area contributed by atoms with Gasteiger partial charge in [-0.2, -0.15) is 4.98 Å². The summed E-state index contributed by atoms with van der Waals surface area (Å²) in [6.45, 7) is 1.77. The van der Waals surface area contributed by atoms with E-state index < -0.39 is 0 Å². The van der Waals surface area contributed by atoms with Gasteiger partial charge in [-0.1, -0.05) is 37.9 Å². The van der Waals surface area contributed by atoms with Crippen molar-refractivity contribution in [3.63, 3.8) is 0 Å². The first-order chi connectivity index (χ1) is 10.1. The summed E-state index contributed by atoms with van der Waals surface area (Å²) >= 11 is 1.13. The lowest BCUT2D eigenvalue weighted by molar-refractivity contribution is -0.119. The van der Waals surface area contributed by atoms with Crippen LogP contribution in [0.2, 0.25) is 0 Å². The summed E-state index contributed by atoms with van der Waals surface area (Å²) in [4.78, 5) is 30.0. The third-order valence-electron chi connectivity index (χ3n) is 3.64. The molecule has 1 aromatic rings. The second-order valence-electron chi connectivity index (χ2n) is 5.22. The van der Waals surface area contributed by atoms with Crippen LogP contribution in [0.1, 0.15) is 44.6 Å². The van der Waals surface area contributed by atoms with E-state index in [-0.39, 0.29) is 39.9 Å². The first kappa shape index (κ1) is 15.9. The molecule has 0 saturated heterocycles. The Morgan fingerprint density at radius 3 is 2.76 bits per heavy atom. The molecule has 1 aromatic heterocycles. The molecule has 6 nitrogen and oxygen atoms in total. The zero-order valence-electron chi connectivity index (χ0n) is 12.1. The number of carbonyl (C=O) groups is 1. The normalized spacial score (nSPS) is 15.9. The highest BCUT2D eigenvalue weighted by molar-refractivity contribution is 7.99. The van der Waals surface area contributed by atoms with E-state index in [1.807, 2.05) is 0 Å². The number of nitrogens with zero attached hydrogens (tertiary/aromatic N) is 1. The highest BCUT2D eigenvalue weighted by Gasteiger charge is 2.16. The van der Waals surface area contributed by atoms with Crippen LogP contribution in [0.4, 0.5) is 0 Å². The van der Waals surface area contributed by atoms with Crippen LogP contribution in [0.25, 0.3) is 0 Å². The van der Waals surface area contributed by atoms with E-state index in [1.165, 1.54) is 19.3 Å². The third kappa shape index (κ3) is 4.49. The van der Waals surface area contributed by atoms with Gasteiger partial charge in [-0.05, 0) is 19.3 Å². The second-order valence-corrected chi connectivity index (χ2v) is 6.18. The lowest BCUT2D eigenvalue weighted by Crippen LogP contribution is -2.37. The molecular formula is C14H21N3O3S. The standard InChI is InChI=1S/C14H21N3O3S/c1-2-10-12(19)16-14(17-13(10)20)21-8-11(18)15-9-6-4-3-5-7-9/h9H,2-8H2,1H3,(H,15,18)(H2,16,17,19,20). The predicted molar refractivity (Wildman–Crippen MR) is 81.6 cm³/mol. The average Bonchev–Trinajstić information content (AvgIpc) is 2.46. The molecule has 0 bridgehead atoms. The van der Waals surface area contributed by atoms with E-state index >= 15 is 0 Å². The Kier molecular flexibility index (Phi) is 5.67. The minimum absolute atomic E-state index is 0.0615. The molecule has 7 heteroatoms. The van der Waals surface area contributed by atoms with Crippen LogP contribution in [0.5, 0.6) is 5.88 Å². The number of nitrogens with one attached hydrogen (secondary N) is 2. The van der Waals surface area contributed by atoms with Crippen LogP contribution >= 0.6 is 11.8 Å². The zero-order chi connectivity index (χ0) is 15.2. The topological polar surface area (TPSA) is 95.1 Å². The smallest absolute Gasteiger partial charge is 0.258 e. The lowest BCUT2D eigenvalue weighted by atomic mass is 9.95. The number of thioether (sulfide) groups is 1. The Bertz CT molecular complexity index is 553. The lowest BCUT2D eigenvalue weighted by Gasteiger charge is -2.22.